The molecule has 0 aromatic rings. The van der Waals surface area contributed by atoms with Crippen molar-refractivity contribution >= 4 is 23.7 Å². The molecule has 1 N–H and O–H groups in total. The lowest BCUT2D eigenvalue weighted by Gasteiger charge is -2.30. The molecule has 29 heavy (non-hydrogen) atoms. The molecule has 0 aromatic carbocycles. The molecule has 0 radical (unpaired) electrons. The van der Waals surface area contributed by atoms with Crippen LogP contribution in [0, 0.1) is 0 Å². The highest BCUT2D eigenvalue weighted by Gasteiger charge is 2.41. The van der Waals surface area contributed by atoms with Crippen LogP contribution in [0.25, 0.3) is 0 Å². The monoisotopic (exact) mass is 407 g/mol. The van der Waals surface area contributed by atoms with Gasteiger partial charge in [-0.05, 0) is 44.9 Å². The summed E-state index contributed by atoms with van der Waals surface area (Å²) >= 11 is 0. The predicted octanol–water partition coefficient (Wildman–Crippen LogP) is 1.63. The van der Waals surface area contributed by atoms with Crippen molar-refractivity contribution in [3.05, 3.63) is 0 Å². The number of aliphatic carboxylic acids is 1. The molecule has 0 aliphatic carbocycles. The average Bonchev–Trinajstić information content (AvgIpc) is 3.31. The van der Waals surface area contributed by atoms with Crippen LogP contribution in [0.15, 0.2) is 0 Å². The highest BCUT2D eigenvalue weighted by atomic mass is 16.4. The lowest BCUT2D eigenvalue weighted by atomic mass is 10.1. The zero-order chi connectivity index (χ0) is 20.8. The van der Waals surface area contributed by atoms with Crippen LogP contribution in [0.4, 0.5) is 0 Å². The highest BCUT2D eigenvalue weighted by molar-refractivity contribution is 5.91. The second-order valence-corrected chi connectivity index (χ2v) is 8.42. The predicted molar refractivity (Wildman–Crippen MR) is 106 cm³/mol. The van der Waals surface area contributed by atoms with Crippen molar-refractivity contribution in [3.63, 3.8) is 0 Å². The minimum absolute atomic E-state index is 0.101. The summed E-state index contributed by atoms with van der Waals surface area (Å²) in [6.45, 7) is 2.60. The van der Waals surface area contributed by atoms with Gasteiger partial charge in [-0.15, -0.1) is 0 Å². The van der Waals surface area contributed by atoms with Crippen LogP contribution in [0.3, 0.4) is 0 Å². The summed E-state index contributed by atoms with van der Waals surface area (Å²) in [6.07, 6.45) is 8.05. The van der Waals surface area contributed by atoms with Gasteiger partial charge < -0.3 is 19.8 Å². The van der Waals surface area contributed by atoms with Gasteiger partial charge in [0.05, 0.1) is 0 Å². The lowest BCUT2D eigenvalue weighted by molar-refractivity contribution is -0.151. The molecule has 3 saturated heterocycles. The van der Waals surface area contributed by atoms with E-state index in [1.807, 2.05) is 4.90 Å². The Labute approximate surface area is 172 Å². The number of carboxylic acids is 1. The Bertz CT molecular complexity index is 630. The second kappa shape index (κ2) is 10.1. The van der Waals surface area contributed by atoms with E-state index in [9.17, 15) is 24.3 Å². The van der Waals surface area contributed by atoms with Crippen LogP contribution in [0.1, 0.15) is 70.6 Å². The van der Waals surface area contributed by atoms with E-state index in [4.69, 9.17) is 0 Å². The zero-order valence-electron chi connectivity index (χ0n) is 17.2. The van der Waals surface area contributed by atoms with Gasteiger partial charge >= 0.3 is 5.97 Å². The summed E-state index contributed by atoms with van der Waals surface area (Å²) < 4.78 is 0. The zero-order valence-corrected chi connectivity index (χ0v) is 17.2. The number of carboxylic acid groups (broad SMARTS) is 1. The normalized spacial score (nSPS) is 25.2. The Kier molecular flexibility index (Phi) is 7.50. The maximum Gasteiger partial charge on any atom is 0.326 e. The molecule has 3 heterocycles. The van der Waals surface area contributed by atoms with E-state index >= 15 is 0 Å². The van der Waals surface area contributed by atoms with E-state index in [-0.39, 0.29) is 24.1 Å². The third-order valence-corrected chi connectivity index (χ3v) is 6.42. The Morgan fingerprint density at radius 2 is 1.28 bits per heavy atom. The van der Waals surface area contributed by atoms with Crippen molar-refractivity contribution in [2.75, 3.05) is 26.2 Å². The van der Waals surface area contributed by atoms with Gasteiger partial charge in [-0.1, -0.05) is 12.8 Å². The van der Waals surface area contributed by atoms with Crippen molar-refractivity contribution in [1.82, 2.24) is 14.7 Å². The number of hydrogen-bond donors (Lipinski definition) is 1. The van der Waals surface area contributed by atoms with Gasteiger partial charge in [0.25, 0.3) is 0 Å². The number of hydrogen-bond acceptors (Lipinski definition) is 4. The van der Waals surface area contributed by atoms with Crippen LogP contribution in [0.5, 0.6) is 0 Å². The minimum Gasteiger partial charge on any atom is -0.480 e. The first kappa shape index (κ1) is 21.6. The van der Waals surface area contributed by atoms with E-state index in [0.29, 0.717) is 45.2 Å². The molecule has 0 aromatic heterocycles. The van der Waals surface area contributed by atoms with Gasteiger partial charge in [0.15, 0.2) is 0 Å². The quantitative estimate of drug-likeness (QED) is 0.722. The number of carbonyl (C=O) groups is 4. The molecule has 0 bridgehead atoms. The van der Waals surface area contributed by atoms with Crippen LogP contribution in [-0.4, -0.2) is 81.8 Å². The third kappa shape index (κ3) is 5.28. The van der Waals surface area contributed by atoms with Gasteiger partial charge in [-0.25, -0.2) is 4.79 Å². The fourth-order valence-electron chi connectivity index (χ4n) is 4.81. The molecule has 0 unspecified atom stereocenters. The molecular weight excluding hydrogens is 374 g/mol. The smallest absolute Gasteiger partial charge is 0.326 e. The molecule has 3 rings (SSSR count). The van der Waals surface area contributed by atoms with E-state index in [2.05, 4.69) is 0 Å². The molecule has 8 nitrogen and oxygen atoms in total. The van der Waals surface area contributed by atoms with E-state index in [1.54, 1.807) is 4.90 Å². The van der Waals surface area contributed by atoms with Gasteiger partial charge in [-0.2, -0.15) is 0 Å². The summed E-state index contributed by atoms with van der Waals surface area (Å²) in [7, 11) is 0. The third-order valence-electron chi connectivity index (χ3n) is 6.42. The first-order valence-electron chi connectivity index (χ1n) is 11.1. The van der Waals surface area contributed by atoms with Crippen LogP contribution in [0.2, 0.25) is 0 Å². The molecule has 3 aliphatic rings. The molecular formula is C21H33N3O5. The summed E-state index contributed by atoms with van der Waals surface area (Å²) in [5.41, 5.74) is 0. The maximum absolute atomic E-state index is 12.9. The molecule has 3 aliphatic heterocycles. The van der Waals surface area contributed by atoms with Crippen molar-refractivity contribution < 1.29 is 24.3 Å². The fraction of sp³-hybridized carbons (Fsp3) is 0.810. The Morgan fingerprint density at radius 1 is 0.690 bits per heavy atom. The number of amides is 3. The summed E-state index contributed by atoms with van der Waals surface area (Å²) in [6, 6.07) is -1.32. The van der Waals surface area contributed by atoms with Crippen LogP contribution < -0.4 is 0 Å². The number of carbonyl (C=O) groups excluding carboxylic acids is 3. The standard InChI is InChI=1S/C21H33N3O5/c25-18(22-12-3-1-2-4-13-22)10-5-11-19(26)23-14-6-8-16(23)20(27)24-15-7-9-17(24)21(28)29/h16-17H,1-15H2,(H,28,29)/t16-,17-/m0/s1. The Morgan fingerprint density at radius 3 is 1.93 bits per heavy atom. The van der Waals surface area contributed by atoms with Crippen molar-refractivity contribution in [2.24, 2.45) is 0 Å². The summed E-state index contributed by atoms with van der Waals surface area (Å²) in [5.74, 6) is -1.19. The van der Waals surface area contributed by atoms with Gasteiger partial charge in [0.2, 0.25) is 17.7 Å². The highest BCUT2D eigenvalue weighted by Crippen LogP contribution is 2.26. The average molecular weight is 408 g/mol. The van der Waals surface area contributed by atoms with Gasteiger partial charge in [-0.3, -0.25) is 14.4 Å². The SMILES string of the molecule is O=C(O)[C@@H]1CCCN1C(=O)[C@@H]1CCCN1C(=O)CCCC(=O)N1CCCCCC1. The molecule has 3 amide bonds. The van der Waals surface area contributed by atoms with Crippen LogP contribution in [-0.2, 0) is 19.2 Å². The Hall–Kier alpha value is -2.12. The Balaban J connectivity index is 1.48. The molecule has 0 saturated carbocycles. The van der Waals surface area contributed by atoms with E-state index < -0.39 is 18.1 Å². The molecule has 3 fully saturated rings. The molecule has 2 atom stereocenters. The first-order valence-corrected chi connectivity index (χ1v) is 11.1. The van der Waals surface area contributed by atoms with Crippen molar-refractivity contribution in [1.29, 1.82) is 0 Å². The van der Waals surface area contributed by atoms with Crippen LogP contribution >= 0.6 is 0 Å². The second-order valence-electron chi connectivity index (χ2n) is 8.42. The summed E-state index contributed by atoms with van der Waals surface area (Å²) in [4.78, 5) is 54.4. The summed E-state index contributed by atoms with van der Waals surface area (Å²) in [5, 5.41) is 9.33. The fourth-order valence-corrected chi connectivity index (χ4v) is 4.81. The first-order chi connectivity index (χ1) is 14.0. The van der Waals surface area contributed by atoms with E-state index in [1.165, 1.54) is 17.7 Å². The maximum atomic E-state index is 12.9. The largest absolute Gasteiger partial charge is 0.480 e. The minimum atomic E-state index is -0.973. The molecule has 8 heteroatoms. The lowest BCUT2D eigenvalue weighted by Crippen LogP contribution is -2.50. The number of likely N-dealkylation sites (tertiary alicyclic amines) is 3. The van der Waals surface area contributed by atoms with Gasteiger partial charge in [0, 0.05) is 39.0 Å². The van der Waals surface area contributed by atoms with Crippen molar-refractivity contribution in [3.8, 4) is 0 Å². The molecule has 0 spiro atoms. The van der Waals surface area contributed by atoms with Crippen molar-refractivity contribution in [2.45, 2.75) is 82.7 Å². The molecule has 162 valence electrons. The topological polar surface area (TPSA) is 98.2 Å². The van der Waals surface area contributed by atoms with Gasteiger partial charge in [0.1, 0.15) is 12.1 Å². The van der Waals surface area contributed by atoms with E-state index in [0.717, 1.165) is 32.4 Å². The number of nitrogens with zero attached hydrogens (tertiary/aromatic N) is 3. The number of rotatable bonds is 6.